The Kier molecular flexibility index (Phi) is 8.18. The monoisotopic (exact) mass is 339 g/mol. The van der Waals surface area contributed by atoms with Gasteiger partial charge in [0.1, 0.15) is 6.10 Å². The highest BCUT2D eigenvalue weighted by Gasteiger charge is 2.24. The molecule has 7 nitrogen and oxygen atoms in total. The summed E-state index contributed by atoms with van der Waals surface area (Å²) in [6, 6.07) is 1.45. The molecule has 0 aromatic carbocycles. The Hall–Kier alpha value is -2.15. The van der Waals surface area contributed by atoms with E-state index in [9.17, 15) is 14.7 Å². The molecule has 0 aliphatic carbocycles. The molecule has 1 aromatic rings. The third kappa shape index (κ3) is 5.81. The average molecular weight is 339 g/mol. The van der Waals surface area contributed by atoms with Crippen molar-refractivity contribution < 1.29 is 28.9 Å². The Balaban J connectivity index is 2.59. The second kappa shape index (κ2) is 9.87. The fraction of sp³-hybridized carbons (Fsp3) is 0.588. The number of carbonyl (C=O) groups is 2. The first kappa shape index (κ1) is 19.9. The fourth-order valence-electron chi connectivity index (χ4n) is 2.01. The van der Waals surface area contributed by atoms with Crippen LogP contribution in [0.5, 0.6) is 11.5 Å². The predicted molar refractivity (Wildman–Crippen MR) is 87.2 cm³/mol. The molecule has 0 amide bonds. The highest BCUT2D eigenvalue weighted by atomic mass is 16.6. The van der Waals surface area contributed by atoms with Gasteiger partial charge in [0.25, 0.3) is 0 Å². The standard InChI is InChI=1S/C17H25NO6/c1-5-8-23-10-12(3)24-17(21)11(2)9-13(19)15-16(20)14(22-4)6-7-18-15/h6-7,11-12,20H,5,8-10H2,1-4H3/t11-,12+/m1/s1. The Bertz CT molecular complexity index is 560. The van der Waals surface area contributed by atoms with Gasteiger partial charge in [-0.25, -0.2) is 4.98 Å². The second-order valence-corrected chi connectivity index (χ2v) is 5.56. The number of aromatic hydroxyl groups is 1. The average Bonchev–Trinajstić information content (AvgIpc) is 2.55. The Morgan fingerprint density at radius 3 is 2.67 bits per heavy atom. The van der Waals surface area contributed by atoms with Crippen molar-refractivity contribution in [2.24, 2.45) is 5.92 Å². The van der Waals surface area contributed by atoms with Gasteiger partial charge in [0.2, 0.25) is 0 Å². The van der Waals surface area contributed by atoms with Gasteiger partial charge in [0, 0.05) is 25.3 Å². The summed E-state index contributed by atoms with van der Waals surface area (Å²) < 4.78 is 15.5. The molecule has 0 aliphatic rings. The SMILES string of the molecule is CCCOC[C@H](C)OC(=O)[C@H](C)CC(=O)c1nccc(OC)c1O. The summed E-state index contributed by atoms with van der Waals surface area (Å²) in [6.07, 6.45) is 1.75. The number of esters is 1. The van der Waals surface area contributed by atoms with Gasteiger partial charge in [0.05, 0.1) is 19.6 Å². The van der Waals surface area contributed by atoms with Crippen LogP contribution in [-0.2, 0) is 14.3 Å². The maximum atomic E-state index is 12.2. The van der Waals surface area contributed by atoms with Gasteiger partial charge >= 0.3 is 5.97 Å². The molecule has 0 spiro atoms. The predicted octanol–water partition coefficient (Wildman–Crippen LogP) is 2.36. The Morgan fingerprint density at radius 2 is 2.04 bits per heavy atom. The zero-order valence-corrected chi connectivity index (χ0v) is 14.6. The smallest absolute Gasteiger partial charge is 0.309 e. The summed E-state index contributed by atoms with van der Waals surface area (Å²) >= 11 is 0. The van der Waals surface area contributed by atoms with E-state index < -0.39 is 17.7 Å². The van der Waals surface area contributed by atoms with Crippen LogP contribution in [0.3, 0.4) is 0 Å². The second-order valence-electron chi connectivity index (χ2n) is 5.56. The number of Topliss-reactive ketones (excluding diaryl/α,β-unsaturated/α-hetero) is 1. The third-order valence-electron chi connectivity index (χ3n) is 3.28. The summed E-state index contributed by atoms with van der Waals surface area (Å²) in [7, 11) is 1.38. The van der Waals surface area contributed by atoms with E-state index in [2.05, 4.69) is 4.98 Å². The molecule has 2 atom stereocenters. The van der Waals surface area contributed by atoms with Crippen molar-refractivity contribution in [3.63, 3.8) is 0 Å². The van der Waals surface area contributed by atoms with Crippen LogP contribution < -0.4 is 4.74 Å². The van der Waals surface area contributed by atoms with Crippen LogP contribution >= 0.6 is 0 Å². The van der Waals surface area contributed by atoms with Gasteiger partial charge in [-0.15, -0.1) is 0 Å². The van der Waals surface area contributed by atoms with Crippen LogP contribution in [0.1, 0.15) is 44.1 Å². The van der Waals surface area contributed by atoms with Crippen molar-refractivity contribution in [2.45, 2.75) is 39.7 Å². The molecule has 0 saturated heterocycles. The van der Waals surface area contributed by atoms with Crippen molar-refractivity contribution in [3.05, 3.63) is 18.0 Å². The zero-order chi connectivity index (χ0) is 18.1. The van der Waals surface area contributed by atoms with Gasteiger partial charge < -0.3 is 19.3 Å². The molecule has 0 bridgehead atoms. The van der Waals surface area contributed by atoms with Crippen LogP contribution in [0.25, 0.3) is 0 Å². The summed E-state index contributed by atoms with van der Waals surface area (Å²) in [5, 5.41) is 9.94. The third-order valence-corrected chi connectivity index (χ3v) is 3.28. The van der Waals surface area contributed by atoms with Crippen LogP contribution in [0.4, 0.5) is 0 Å². The lowest BCUT2D eigenvalue weighted by Crippen LogP contribution is -2.26. The number of hydrogen-bond donors (Lipinski definition) is 1. The van der Waals surface area contributed by atoms with Crippen LogP contribution in [0.2, 0.25) is 0 Å². The number of ketones is 1. The highest BCUT2D eigenvalue weighted by molar-refractivity contribution is 5.99. The summed E-state index contributed by atoms with van der Waals surface area (Å²) in [5.41, 5.74) is -0.117. The Labute approximate surface area is 141 Å². The minimum Gasteiger partial charge on any atom is -0.503 e. The van der Waals surface area contributed by atoms with E-state index >= 15 is 0 Å². The number of rotatable bonds is 10. The first-order chi connectivity index (χ1) is 11.4. The van der Waals surface area contributed by atoms with Gasteiger partial charge in [-0.3, -0.25) is 9.59 Å². The molecule has 1 heterocycles. The van der Waals surface area contributed by atoms with Crippen molar-refractivity contribution in [1.29, 1.82) is 0 Å². The molecular weight excluding hydrogens is 314 g/mol. The molecular formula is C17H25NO6. The summed E-state index contributed by atoms with van der Waals surface area (Å²) in [6.45, 7) is 6.25. The van der Waals surface area contributed by atoms with E-state index in [1.54, 1.807) is 13.8 Å². The van der Waals surface area contributed by atoms with Gasteiger partial charge in [-0.1, -0.05) is 13.8 Å². The molecule has 0 saturated carbocycles. The van der Waals surface area contributed by atoms with E-state index in [0.717, 1.165) is 6.42 Å². The number of methoxy groups -OCH3 is 1. The summed E-state index contributed by atoms with van der Waals surface area (Å²) in [4.78, 5) is 28.1. The van der Waals surface area contributed by atoms with Crippen LogP contribution in [0.15, 0.2) is 12.3 Å². The van der Waals surface area contributed by atoms with Crippen molar-refractivity contribution in [2.75, 3.05) is 20.3 Å². The minimum atomic E-state index is -0.654. The lowest BCUT2D eigenvalue weighted by molar-refractivity contribution is -0.155. The quantitative estimate of drug-likeness (QED) is 0.397. The van der Waals surface area contributed by atoms with E-state index in [1.165, 1.54) is 19.4 Å². The number of carbonyl (C=O) groups excluding carboxylic acids is 2. The molecule has 1 N–H and O–H groups in total. The van der Waals surface area contributed by atoms with E-state index in [-0.39, 0.29) is 29.7 Å². The first-order valence-electron chi connectivity index (χ1n) is 7.94. The highest BCUT2D eigenvalue weighted by Crippen LogP contribution is 2.29. The maximum Gasteiger partial charge on any atom is 0.309 e. The lowest BCUT2D eigenvalue weighted by Gasteiger charge is -2.16. The molecule has 0 unspecified atom stereocenters. The molecule has 24 heavy (non-hydrogen) atoms. The molecule has 7 heteroatoms. The number of aromatic nitrogens is 1. The van der Waals surface area contributed by atoms with Crippen molar-refractivity contribution >= 4 is 11.8 Å². The minimum absolute atomic E-state index is 0.116. The fourth-order valence-corrected chi connectivity index (χ4v) is 2.01. The largest absolute Gasteiger partial charge is 0.503 e. The topological polar surface area (TPSA) is 95.0 Å². The number of pyridine rings is 1. The van der Waals surface area contributed by atoms with Crippen molar-refractivity contribution in [3.8, 4) is 11.5 Å². The van der Waals surface area contributed by atoms with Crippen LogP contribution in [0, 0.1) is 5.92 Å². The number of ether oxygens (including phenoxy) is 3. The number of hydrogen-bond acceptors (Lipinski definition) is 7. The first-order valence-corrected chi connectivity index (χ1v) is 7.94. The Morgan fingerprint density at radius 1 is 1.33 bits per heavy atom. The molecule has 134 valence electrons. The van der Waals surface area contributed by atoms with E-state index in [1.807, 2.05) is 6.92 Å². The van der Waals surface area contributed by atoms with E-state index in [0.29, 0.717) is 13.2 Å². The molecule has 1 aromatic heterocycles. The van der Waals surface area contributed by atoms with Crippen LogP contribution in [-0.4, -0.2) is 48.3 Å². The summed E-state index contributed by atoms with van der Waals surface area (Å²) in [5.74, 6) is -1.76. The van der Waals surface area contributed by atoms with Crippen molar-refractivity contribution in [1.82, 2.24) is 4.98 Å². The van der Waals surface area contributed by atoms with E-state index in [4.69, 9.17) is 14.2 Å². The number of nitrogens with zero attached hydrogens (tertiary/aromatic N) is 1. The molecule has 0 fully saturated rings. The van der Waals surface area contributed by atoms with Gasteiger partial charge in [0.15, 0.2) is 23.0 Å². The normalized spacial score (nSPS) is 13.2. The maximum absolute atomic E-state index is 12.2. The molecule has 0 aliphatic heterocycles. The lowest BCUT2D eigenvalue weighted by atomic mass is 10.0. The molecule has 0 radical (unpaired) electrons. The zero-order valence-electron chi connectivity index (χ0n) is 14.6. The van der Waals surface area contributed by atoms with Gasteiger partial charge in [-0.2, -0.15) is 0 Å². The van der Waals surface area contributed by atoms with Gasteiger partial charge in [-0.05, 0) is 13.3 Å². The molecule has 1 rings (SSSR count).